The van der Waals surface area contributed by atoms with Gasteiger partial charge in [0.2, 0.25) is 10.0 Å². The molecule has 164 valence electrons. The van der Waals surface area contributed by atoms with Crippen LogP contribution in [-0.4, -0.2) is 43.8 Å². The molecular formula is C22H25N3O4S2. The van der Waals surface area contributed by atoms with E-state index in [1.54, 1.807) is 6.07 Å². The third-order valence-corrected chi connectivity index (χ3v) is 8.31. The van der Waals surface area contributed by atoms with E-state index in [1.807, 2.05) is 25.1 Å². The van der Waals surface area contributed by atoms with Crippen molar-refractivity contribution in [2.45, 2.75) is 37.5 Å². The molecule has 1 aliphatic heterocycles. The summed E-state index contributed by atoms with van der Waals surface area (Å²) in [6.45, 7) is 2.93. The maximum atomic E-state index is 13.3. The van der Waals surface area contributed by atoms with Crippen molar-refractivity contribution < 1.29 is 17.9 Å². The minimum atomic E-state index is -3.77. The molecule has 7 nitrogen and oxygen atoms in total. The van der Waals surface area contributed by atoms with Crippen molar-refractivity contribution in [2.75, 3.05) is 25.5 Å². The molecule has 1 fully saturated rings. The van der Waals surface area contributed by atoms with Gasteiger partial charge in [-0.2, -0.15) is 4.31 Å². The maximum absolute atomic E-state index is 13.3. The Morgan fingerprint density at radius 1 is 1.13 bits per heavy atom. The molecule has 0 atom stereocenters. The van der Waals surface area contributed by atoms with Gasteiger partial charge in [-0.1, -0.05) is 36.3 Å². The number of hydrogen-bond acceptors (Lipinski definition) is 6. The van der Waals surface area contributed by atoms with Gasteiger partial charge in [0.05, 0.1) is 17.3 Å². The Labute approximate surface area is 186 Å². The zero-order valence-electron chi connectivity index (χ0n) is 17.6. The summed E-state index contributed by atoms with van der Waals surface area (Å²) in [5.41, 5.74) is 2.12. The van der Waals surface area contributed by atoms with Crippen molar-refractivity contribution in [1.29, 1.82) is 0 Å². The Morgan fingerprint density at radius 3 is 2.55 bits per heavy atom. The standard InChI is InChI=1S/C22H25N3O4S2/c1-15-8-7-9-18-20(15)23-22(30-18)24-21(26)16-10-11-17(29-2)19(14-16)31(27,28)25-12-5-3-4-6-13-25/h7-11,14H,3-6,12-13H2,1-2H3,(H,23,24,26). The number of fused-ring (bicyclic) bond motifs is 1. The van der Waals surface area contributed by atoms with Gasteiger partial charge in [0.15, 0.2) is 5.13 Å². The Balaban J connectivity index is 1.64. The molecule has 2 aromatic carbocycles. The monoisotopic (exact) mass is 459 g/mol. The summed E-state index contributed by atoms with van der Waals surface area (Å²) in [6.07, 6.45) is 3.71. The highest BCUT2D eigenvalue weighted by Gasteiger charge is 2.29. The highest BCUT2D eigenvalue weighted by Crippen LogP contribution is 2.31. The van der Waals surface area contributed by atoms with Gasteiger partial charge in [0, 0.05) is 18.7 Å². The molecule has 0 spiro atoms. The quantitative estimate of drug-likeness (QED) is 0.610. The first-order chi connectivity index (χ1) is 14.9. The van der Waals surface area contributed by atoms with Crippen molar-refractivity contribution in [3.05, 3.63) is 47.5 Å². The van der Waals surface area contributed by atoms with Crippen molar-refractivity contribution in [2.24, 2.45) is 0 Å². The average molecular weight is 460 g/mol. The second kappa shape index (κ2) is 8.94. The van der Waals surface area contributed by atoms with Crippen LogP contribution in [0.4, 0.5) is 5.13 Å². The minimum absolute atomic E-state index is 0.0182. The van der Waals surface area contributed by atoms with Crippen LogP contribution in [0.2, 0.25) is 0 Å². The van der Waals surface area contributed by atoms with Crippen LogP contribution in [0.1, 0.15) is 41.6 Å². The van der Waals surface area contributed by atoms with Crippen molar-refractivity contribution >= 4 is 42.6 Å². The summed E-state index contributed by atoms with van der Waals surface area (Å²) in [4.78, 5) is 17.4. The Bertz CT molecular complexity index is 1210. The number of rotatable bonds is 5. The second-order valence-corrected chi connectivity index (χ2v) is 10.5. The summed E-state index contributed by atoms with van der Waals surface area (Å²) < 4.78 is 34.4. The van der Waals surface area contributed by atoms with E-state index in [4.69, 9.17) is 4.74 Å². The molecule has 1 saturated heterocycles. The summed E-state index contributed by atoms with van der Waals surface area (Å²) in [7, 11) is -2.34. The van der Waals surface area contributed by atoms with E-state index in [0.717, 1.165) is 41.5 Å². The zero-order valence-corrected chi connectivity index (χ0v) is 19.2. The summed E-state index contributed by atoms with van der Waals surface area (Å²) in [5.74, 6) is -0.178. The van der Waals surface area contributed by atoms with Crippen molar-refractivity contribution in [3.63, 3.8) is 0 Å². The van der Waals surface area contributed by atoms with Gasteiger partial charge in [0.25, 0.3) is 5.91 Å². The predicted octanol–water partition coefficient (Wildman–Crippen LogP) is 4.43. The number of thiazole rings is 1. The van der Waals surface area contributed by atoms with Crippen LogP contribution in [0, 0.1) is 6.92 Å². The highest BCUT2D eigenvalue weighted by atomic mass is 32.2. The van der Waals surface area contributed by atoms with Crippen LogP contribution < -0.4 is 10.1 Å². The van der Waals surface area contributed by atoms with Gasteiger partial charge < -0.3 is 4.74 Å². The van der Waals surface area contributed by atoms with Gasteiger partial charge in [-0.05, 0) is 49.6 Å². The molecule has 1 amide bonds. The number of amides is 1. The van der Waals surface area contributed by atoms with Gasteiger partial charge in [-0.25, -0.2) is 13.4 Å². The number of para-hydroxylation sites is 1. The van der Waals surface area contributed by atoms with E-state index in [2.05, 4.69) is 10.3 Å². The number of hydrogen-bond donors (Lipinski definition) is 1. The second-order valence-electron chi connectivity index (χ2n) is 7.58. The first-order valence-electron chi connectivity index (χ1n) is 10.3. The lowest BCUT2D eigenvalue weighted by Gasteiger charge is -2.21. The van der Waals surface area contributed by atoms with Gasteiger partial charge in [0.1, 0.15) is 10.6 Å². The number of nitrogens with zero attached hydrogens (tertiary/aromatic N) is 2. The first kappa shape index (κ1) is 21.7. The molecule has 9 heteroatoms. The van der Waals surface area contributed by atoms with E-state index in [0.29, 0.717) is 18.2 Å². The zero-order chi connectivity index (χ0) is 22.0. The predicted molar refractivity (Wildman–Crippen MR) is 123 cm³/mol. The number of aromatic nitrogens is 1. The Kier molecular flexibility index (Phi) is 6.27. The summed E-state index contributed by atoms with van der Waals surface area (Å²) in [5, 5.41) is 3.27. The topological polar surface area (TPSA) is 88.6 Å². The normalized spacial score (nSPS) is 15.5. The molecule has 3 aromatic rings. The number of ether oxygens (including phenoxy) is 1. The van der Waals surface area contributed by atoms with Gasteiger partial charge in [-0.3, -0.25) is 10.1 Å². The number of carbonyl (C=O) groups is 1. The number of benzene rings is 2. The molecule has 31 heavy (non-hydrogen) atoms. The highest BCUT2D eigenvalue weighted by molar-refractivity contribution is 7.89. The number of carbonyl (C=O) groups excluding carboxylic acids is 1. The number of methoxy groups -OCH3 is 1. The average Bonchev–Trinajstić information content (AvgIpc) is 2.97. The van der Waals surface area contributed by atoms with Crippen molar-refractivity contribution in [1.82, 2.24) is 9.29 Å². The van der Waals surface area contributed by atoms with Crippen LogP contribution >= 0.6 is 11.3 Å². The summed E-state index contributed by atoms with van der Waals surface area (Å²) >= 11 is 1.38. The largest absolute Gasteiger partial charge is 0.495 e. The molecular weight excluding hydrogens is 434 g/mol. The fraction of sp³-hybridized carbons (Fsp3) is 0.364. The van der Waals surface area contributed by atoms with Crippen LogP contribution in [0.15, 0.2) is 41.3 Å². The molecule has 0 bridgehead atoms. The number of aryl methyl sites for hydroxylation is 1. The number of anilines is 1. The van der Waals surface area contributed by atoms with E-state index in [-0.39, 0.29) is 16.2 Å². The smallest absolute Gasteiger partial charge is 0.257 e. The van der Waals surface area contributed by atoms with Crippen LogP contribution in [0.5, 0.6) is 5.75 Å². The third kappa shape index (κ3) is 4.44. The van der Waals surface area contributed by atoms with Gasteiger partial charge >= 0.3 is 0 Å². The van der Waals surface area contributed by atoms with E-state index >= 15 is 0 Å². The Hall–Kier alpha value is -2.49. The maximum Gasteiger partial charge on any atom is 0.257 e. The lowest BCUT2D eigenvalue weighted by Crippen LogP contribution is -2.32. The number of nitrogens with one attached hydrogen (secondary N) is 1. The van der Waals surface area contributed by atoms with E-state index in [1.165, 1.54) is 34.9 Å². The lowest BCUT2D eigenvalue weighted by atomic mass is 10.2. The third-order valence-electron chi connectivity index (χ3n) is 5.45. The summed E-state index contributed by atoms with van der Waals surface area (Å²) in [6, 6.07) is 10.4. The fourth-order valence-electron chi connectivity index (χ4n) is 3.75. The molecule has 4 rings (SSSR count). The number of sulfonamides is 1. The van der Waals surface area contributed by atoms with Crippen molar-refractivity contribution in [3.8, 4) is 5.75 Å². The molecule has 0 saturated carbocycles. The van der Waals surface area contributed by atoms with E-state index < -0.39 is 15.9 Å². The molecule has 0 aliphatic carbocycles. The lowest BCUT2D eigenvalue weighted by molar-refractivity contribution is 0.102. The first-order valence-corrected chi connectivity index (χ1v) is 12.5. The molecule has 1 aliphatic rings. The van der Waals surface area contributed by atoms with E-state index in [9.17, 15) is 13.2 Å². The Morgan fingerprint density at radius 2 is 1.87 bits per heavy atom. The van der Waals surface area contributed by atoms with Crippen LogP contribution in [0.3, 0.4) is 0 Å². The molecule has 1 N–H and O–H groups in total. The molecule has 1 aromatic heterocycles. The SMILES string of the molecule is COc1ccc(C(=O)Nc2nc3c(C)cccc3s2)cc1S(=O)(=O)N1CCCCCC1. The van der Waals surface area contributed by atoms with Crippen LogP contribution in [0.25, 0.3) is 10.2 Å². The molecule has 0 unspecified atom stereocenters. The molecule has 2 heterocycles. The molecule has 0 radical (unpaired) electrons. The van der Waals surface area contributed by atoms with Crippen LogP contribution in [-0.2, 0) is 10.0 Å². The fourth-order valence-corrected chi connectivity index (χ4v) is 6.39. The minimum Gasteiger partial charge on any atom is -0.495 e. The van der Waals surface area contributed by atoms with Gasteiger partial charge in [-0.15, -0.1) is 0 Å².